The molecule has 0 amide bonds. The van der Waals surface area contributed by atoms with Crippen molar-refractivity contribution in [2.24, 2.45) is 0 Å². The molecule has 0 radical (unpaired) electrons. The average Bonchev–Trinajstić information content (AvgIpc) is 2.84. The highest BCUT2D eigenvalue weighted by molar-refractivity contribution is 5.49. The Labute approximate surface area is 116 Å². The molecule has 19 heavy (non-hydrogen) atoms. The summed E-state index contributed by atoms with van der Waals surface area (Å²) >= 11 is 0. The van der Waals surface area contributed by atoms with Gasteiger partial charge in [0, 0.05) is 31.9 Å². The minimum atomic E-state index is 0.323. The fourth-order valence-electron chi connectivity index (χ4n) is 2.64. The van der Waals surface area contributed by atoms with Crippen LogP contribution in [0.3, 0.4) is 0 Å². The van der Waals surface area contributed by atoms with Crippen LogP contribution in [0.2, 0.25) is 0 Å². The fourth-order valence-corrected chi connectivity index (χ4v) is 2.64. The third-order valence-electron chi connectivity index (χ3n) is 3.73. The van der Waals surface area contributed by atoms with E-state index in [-0.39, 0.29) is 0 Å². The first-order valence-electron chi connectivity index (χ1n) is 7.38. The Morgan fingerprint density at radius 1 is 1.32 bits per heavy atom. The predicted octanol–water partition coefficient (Wildman–Crippen LogP) is 3.05. The number of rotatable bonds is 6. The molecule has 2 unspecified atom stereocenters. The van der Waals surface area contributed by atoms with Crippen LogP contribution in [0.5, 0.6) is 5.75 Å². The van der Waals surface area contributed by atoms with Crippen molar-refractivity contribution < 1.29 is 4.74 Å². The number of nitrogens with one attached hydrogen (secondary N) is 1. The van der Waals surface area contributed by atoms with Crippen LogP contribution in [0.4, 0.5) is 5.69 Å². The van der Waals surface area contributed by atoms with Gasteiger partial charge in [0.05, 0.1) is 0 Å². The maximum Gasteiger partial charge on any atom is 0.121 e. The van der Waals surface area contributed by atoms with Crippen LogP contribution in [0, 0.1) is 0 Å². The topological polar surface area (TPSA) is 24.5 Å². The largest absolute Gasteiger partial charge is 0.489 e. The van der Waals surface area contributed by atoms with Gasteiger partial charge >= 0.3 is 0 Å². The summed E-state index contributed by atoms with van der Waals surface area (Å²) in [6, 6.07) is 8.86. The number of nitrogens with zero attached hydrogens (tertiary/aromatic N) is 1. The van der Waals surface area contributed by atoms with E-state index in [4.69, 9.17) is 4.74 Å². The van der Waals surface area contributed by atoms with Gasteiger partial charge < -0.3 is 15.0 Å². The molecule has 1 aliphatic rings. The standard InChI is InChI=1S/C16H26N2O/c1-4-11-17-15-9-6-10-16(15)19-14-8-5-7-13(12-14)18(2)3/h5,7-8,12,15-17H,4,6,9-11H2,1-3H3. The molecule has 1 aromatic rings. The van der Waals surface area contributed by atoms with E-state index >= 15 is 0 Å². The second-order valence-corrected chi connectivity index (χ2v) is 5.54. The number of hydrogen-bond acceptors (Lipinski definition) is 3. The Balaban J connectivity index is 1.97. The summed E-state index contributed by atoms with van der Waals surface area (Å²) in [5.74, 6) is 0.987. The minimum Gasteiger partial charge on any atom is -0.489 e. The van der Waals surface area contributed by atoms with Crippen LogP contribution in [-0.2, 0) is 0 Å². The molecule has 0 saturated heterocycles. The van der Waals surface area contributed by atoms with E-state index in [0.717, 1.165) is 18.7 Å². The summed E-state index contributed by atoms with van der Waals surface area (Å²) in [4.78, 5) is 2.11. The highest BCUT2D eigenvalue weighted by Gasteiger charge is 2.28. The Morgan fingerprint density at radius 3 is 2.89 bits per heavy atom. The minimum absolute atomic E-state index is 0.323. The van der Waals surface area contributed by atoms with Crippen molar-refractivity contribution in [1.29, 1.82) is 0 Å². The van der Waals surface area contributed by atoms with Gasteiger partial charge in [-0.15, -0.1) is 0 Å². The van der Waals surface area contributed by atoms with E-state index in [9.17, 15) is 0 Å². The zero-order valence-corrected chi connectivity index (χ0v) is 12.4. The predicted molar refractivity (Wildman–Crippen MR) is 81.1 cm³/mol. The Morgan fingerprint density at radius 2 is 2.16 bits per heavy atom. The van der Waals surface area contributed by atoms with Crippen molar-refractivity contribution >= 4 is 5.69 Å². The van der Waals surface area contributed by atoms with E-state index in [2.05, 4.69) is 55.5 Å². The number of benzene rings is 1. The van der Waals surface area contributed by atoms with Crippen LogP contribution in [-0.4, -0.2) is 32.8 Å². The van der Waals surface area contributed by atoms with Gasteiger partial charge in [0.25, 0.3) is 0 Å². The molecule has 0 heterocycles. The molecule has 3 heteroatoms. The van der Waals surface area contributed by atoms with Gasteiger partial charge in [-0.2, -0.15) is 0 Å². The molecule has 2 rings (SSSR count). The Bertz CT molecular complexity index is 392. The lowest BCUT2D eigenvalue weighted by Gasteiger charge is -2.23. The van der Waals surface area contributed by atoms with Gasteiger partial charge in [-0.1, -0.05) is 13.0 Å². The summed E-state index contributed by atoms with van der Waals surface area (Å²) in [5, 5.41) is 3.60. The molecular formula is C16H26N2O. The lowest BCUT2D eigenvalue weighted by Crippen LogP contribution is -2.39. The number of hydrogen-bond donors (Lipinski definition) is 1. The van der Waals surface area contributed by atoms with Crippen LogP contribution in [0.25, 0.3) is 0 Å². The molecule has 0 bridgehead atoms. The van der Waals surface area contributed by atoms with Gasteiger partial charge in [0.15, 0.2) is 0 Å². The van der Waals surface area contributed by atoms with Crippen molar-refractivity contribution in [2.45, 2.75) is 44.8 Å². The highest BCUT2D eigenvalue weighted by Crippen LogP contribution is 2.27. The normalized spacial score (nSPS) is 22.5. The molecule has 106 valence electrons. The average molecular weight is 262 g/mol. The van der Waals surface area contributed by atoms with Gasteiger partial charge in [0.1, 0.15) is 11.9 Å². The van der Waals surface area contributed by atoms with E-state index in [0.29, 0.717) is 12.1 Å². The summed E-state index contributed by atoms with van der Waals surface area (Å²) in [6.07, 6.45) is 5.16. The van der Waals surface area contributed by atoms with Crippen LogP contribution in [0.15, 0.2) is 24.3 Å². The van der Waals surface area contributed by atoms with Crippen molar-refractivity contribution in [3.63, 3.8) is 0 Å². The van der Waals surface area contributed by atoms with Crippen molar-refractivity contribution in [2.75, 3.05) is 25.5 Å². The lowest BCUT2D eigenvalue weighted by molar-refractivity contribution is 0.175. The van der Waals surface area contributed by atoms with Crippen LogP contribution >= 0.6 is 0 Å². The first-order chi connectivity index (χ1) is 9.20. The van der Waals surface area contributed by atoms with Gasteiger partial charge in [-0.05, 0) is 44.4 Å². The Hall–Kier alpha value is -1.22. The summed E-state index contributed by atoms with van der Waals surface area (Å²) in [7, 11) is 4.11. The first-order valence-corrected chi connectivity index (χ1v) is 7.38. The zero-order valence-electron chi connectivity index (χ0n) is 12.4. The lowest BCUT2D eigenvalue weighted by atomic mass is 10.2. The molecule has 0 aliphatic heterocycles. The maximum atomic E-state index is 6.19. The Kier molecular flexibility index (Phi) is 5.08. The van der Waals surface area contributed by atoms with Crippen molar-refractivity contribution in [1.82, 2.24) is 5.32 Å². The summed E-state index contributed by atoms with van der Waals surface area (Å²) in [5.41, 5.74) is 1.19. The molecule has 1 saturated carbocycles. The SMILES string of the molecule is CCCNC1CCCC1Oc1cccc(N(C)C)c1. The van der Waals surface area contributed by atoms with Crippen LogP contribution in [0.1, 0.15) is 32.6 Å². The van der Waals surface area contributed by atoms with E-state index in [1.807, 2.05) is 0 Å². The molecule has 1 aliphatic carbocycles. The molecule has 1 N–H and O–H groups in total. The molecule has 3 nitrogen and oxygen atoms in total. The number of anilines is 1. The van der Waals surface area contributed by atoms with Gasteiger partial charge in [-0.25, -0.2) is 0 Å². The molecular weight excluding hydrogens is 236 g/mol. The van der Waals surface area contributed by atoms with Crippen molar-refractivity contribution in [3.8, 4) is 5.75 Å². The molecule has 0 spiro atoms. The van der Waals surface area contributed by atoms with E-state index in [1.165, 1.54) is 24.9 Å². The molecule has 1 fully saturated rings. The maximum absolute atomic E-state index is 6.19. The third-order valence-corrected chi connectivity index (χ3v) is 3.73. The molecule has 2 atom stereocenters. The number of ether oxygens (including phenoxy) is 1. The second kappa shape index (κ2) is 6.80. The third kappa shape index (κ3) is 3.87. The summed E-state index contributed by atoms with van der Waals surface area (Å²) < 4.78 is 6.19. The quantitative estimate of drug-likeness (QED) is 0.853. The van der Waals surface area contributed by atoms with Gasteiger partial charge in [-0.3, -0.25) is 0 Å². The second-order valence-electron chi connectivity index (χ2n) is 5.54. The smallest absolute Gasteiger partial charge is 0.121 e. The van der Waals surface area contributed by atoms with E-state index < -0.39 is 0 Å². The molecule has 0 aromatic heterocycles. The highest BCUT2D eigenvalue weighted by atomic mass is 16.5. The fraction of sp³-hybridized carbons (Fsp3) is 0.625. The van der Waals surface area contributed by atoms with E-state index in [1.54, 1.807) is 0 Å². The first kappa shape index (κ1) is 14.2. The zero-order chi connectivity index (χ0) is 13.7. The van der Waals surface area contributed by atoms with Crippen molar-refractivity contribution in [3.05, 3.63) is 24.3 Å². The van der Waals surface area contributed by atoms with Gasteiger partial charge in [0.2, 0.25) is 0 Å². The van der Waals surface area contributed by atoms with Crippen LogP contribution < -0.4 is 15.0 Å². The monoisotopic (exact) mass is 262 g/mol. The molecule has 1 aromatic carbocycles. The summed E-state index contributed by atoms with van der Waals surface area (Å²) in [6.45, 7) is 3.29.